The fourth-order valence-electron chi connectivity index (χ4n) is 1.45. The molecular formula is C13H13NO. The maximum absolute atomic E-state index is 8.99. The summed E-state index contributed by atoms with van der Waals surface area (Å²) in [6.07, 6.45) is 0. The van der Waals surface area contributed by atoms with Gasteiger partial charge in [0, 0.05) is 5.56 Å². The predicted molar refractivity (Wildman–Crippen MR) is 60.3 cm³/mol. The number of aromatic nitrogens is 1. The standard InChI is InChI=1S/C13H13NO/c1-10-5-7-11(8-6-10)13-4-2-3-12(9-15)14-13/h2-8,15H,9H2,1H3. The van der Waals surface area contributed by atoms with E-state index in [0.29, 0.717) is 5.69 Å². The lowest BCUT2D eigenvalue weighted by Crippen LogP contribution is -1.91. The van der Waals surface area contributed by atoms with Gasteiger partial charge < -0.3 is 5.11 Å². The van der Waals surface area contributed by atoms with Crippen molar-refractivity contribution in [2.75, 3.05) is 0 Å². The first-order valence-electron chi connectivity index (χ1n) is 4.93. The first-order chi connectivity index (χ1) is 7.29. The van der Waals surface area contributed by atoms with Gasteiger partial charge in [0.1, 0.15) is 0 Å². The third-order valence-corrected chi connectivity index (χ3v) is 2.32. The first kappa shape index (κ1) is 9.87. The summed E-state index contributed by atoms with van der Waals surface area (Å²) in [5.41, 5.74) is 3.92. The van der Waals surface area contributed by atoms with Crippen molar-refractivity contribution >= 4 is 0 Å². The van der Waals surface area contributed by atoms with Gasteiger partial charge in [0.05, 0.1) is 18.0 Å². The van der Waals surface area contributed by atoms with Crippen LogP contribution in [0, 0.1) is 6.92 Å². The van der Waals surface area contributed by atoms with Crippen LogP contribution in [0.5, 0.6) is 0 Å². The van der Waals surface area contributed by atoms with Gasteiger partial charge in [-0.25, -0.2) is 0 Å². The minimum atomic E-state index is -0.0142. The maximum Gasteiger partial charge on any atom is 0.0853 e. The molecule has 0 saturated carbocycles. The number of aliphatic hydroxyl groups is 1. The van der Waals surface area contributed by atoms with Crippen molar-refractivity contribution in [2.24, 2.45) is 0 Å². The number of aryl methyl sites for hydroxylation is 1. The monoisotopic (exact) mass is 199 g/mol. The second-order valence-electron chi connectivity index (χ2n) is 3.54. The van der Waals surface area contributed by atoms with Crippen LogP contribution in [-0.2, 0) is 6.61 Å². The highest BCUT2D eigenvalue weighted by atomic mass is 16.3. The second-order valence-corrected chi connectivity index (χ2v) is 3.54. The Morgan fingerprint density at radius 1 is 1.07 bits per heavy atom. The molecule has 2 nitrogen and oxygen atoms in total. The van der Waals surface area contributed by atoms with Gasteiger partial charge in [0.25, 0.3) is 0 Å². The van der Waals surface area contributed by atoms with Crippen molar-refractivity contribution in [3.05, 3.63) is 53.7 Å². The van der Waals surface area contributed by atoms with E-state index in [0.717, 1.165) is 11.3 Å². The van der Waals surface area contributed by atoms with E-state index < -0.39 is 0 Å². The molecule has 0 bridgehead atoms. The summed E-state index contributed by atoms with van der Waals surface area (Å²) >= 11 is 0. The van der Waals surface area contributed by atoms with Crippen LogP contribution in [0.15, 0.2) is 42.5 Å². The molecule has 15 heavy (non-hydrogen) atoms. The molecule has 0 saturated heterocycles. The van der Waals surface area contributed by atoms with Crippen LogP contribution in [-0.4, -0.2) is 10.1 Å². The number of aliphatic hydroxyl groups excluding tert-OH is 1. The SMILES string of the molecule is Cc1ccc(-c2cccc(CO)n2)cc1. The summed E-state index contributed by atoms with van der Waals surface area (Å²) < 4.78 is 0. The van der Waals surface area contributed by atoms with Gasteiger partial charge in [-0.3, -0.25) is 4.98 Å². The van der Waals surface area contributed by atoms with Crippen molar-refractivity contribution in [1.29, 1.82) is 0 Å². The fraction of sp³-hybridized carbons (Fsp3) is 0.154. The average molecular weight is 199 g/mol. The number of hydrogen-bond donors (Lipinski definition) is 1. The summed E-state index contributed by atoms with van der Waals surface area (Å²) in [5, 5.41) is 8.99. The molecule has 0 aliphatic rings. The smallest absolute Gasteiger partial charge is 0.0853 e. The second kappa shape index (κ2) is 4.24. The van der Waals surface area contributed by atoms with Crippen molar-refractivity contribution in [3.63, 3.8) is 0 Å². The number of benzene rings is 1. The molecule has 76 valence electrons. The fourth-order valence-corrected chi connectivity index (χ4v) is 1.45. The number of rotatable bonds is 2. The lowest BCUT2D eigenvalue weighted by atomic mass is 10.1. The molecule has 0 aliphatic carbocycles. The molecule has 1 aromatic carbocycles. The molecule has 2 heteroatoms. The molecule has 0 unspecified atom stereocenters. The van der Waals surface area contributed by atoms with Crippen molar-refractivity contribution in [1.82, 2.24) is 4.98 Å². The van der Waals surface area contributed by atoms with E-state index in [9.17, 15) is 0 Å². The van der Waals surface area contributed by atoms with Gasteiger partial charge in [-0.1, -0.05) is 35.9 Å². The summed E-state index contributed by atoms with van der Waals surface area (Å²) in [6, 6.07) is 13.9. The molecule has 0 aliphatic heterocycles. The van der Waals surface area contributed by atoms with Gasteiger partial charge >= 0.3 is 0 Å². The van der Waals surface area contributed by atoms with Crippen LogP contribution < -0.4 is 0 Å². The zero-order valence-electron chi connectivity index (χ0n) is 8.64. The zero-order valence-corrected chi connectivity index (χ0v) is 8.64. The van der Waals surface area contributed by atoms with Gasteiger partial charge in [0.2, 0.25) is 0 Å². The van der Waals surface area contributed by atoms with Crippen molar-refractivity contribution < 1.29 is 5.11 Å². The summed E-state index contributed by atoms with van der Waals surface area (Å²) in [7, 11) is 0. The molecular weight excluding hydrogens is 186 g/mol. The van der Waals surface area contributed by atoms with Crippen LogP contribution in [0.2, 0.25) is 0 Å². The normalized spacial score (nSPS) is 10.3. The first-order valence-corrected chi connectivity index (χ1v) is 4.93. The average Bonchev–Trinajstić information content (AvgIpc) is 2.30. The molecule has 1 aromatic heterocycles. The summed E-state index contributed by atoms with van der Waals surface area (Å²) in [4.78, 5) is 4.34. The van der Waals surface area contributed by atoms with Crippen LogP contribution in [0.25, 0.3) is 11.3 Å². The minimum absolute atomic E-state index is 0.0142. The van der Waals surface area contributed by atoms with Gasteiger partial charge in [-0.15, -0.1) is 0 Å². The molecule has 1 N–H and O–H groups in total. The Kier molecular flexibility index (Phi) is 2.79. The number of pyridine rings is 1. The van der Waals surface area contributed by atoms with E-state index in [1.54, 1.807) is 0 Å². The van der Waals surface area contributed by atoms with Crippen molar-refractivity contribution in [3.8, 4) is 11.3 Å². The van der Waals surface area contributed by atoms with Crippen LogP contribution in [0.4, 0.5) is 0 Å². The lowest BCUT2D eigenvalue weighted by Gasteiger charge is -2.03. The molecule has 0 atom stereocenters. The van der Waals surface area contributed by atoms with Crippen LogP contribution in [0.1, 0.15) is 11.3 Å². The molecule has 0 amide bonds. The molecule has 0 fully saturated rings. The Hall–Kier alpha value is -1.67. The highest BCUT2D eigenvalue weighted by Crippen LogP contribution is 2.17. The summed E-state index contributed by atoms with van der Waals surface area (Å²) in [5.74, 6) is 0. The largest absolute Gasteiger partial charge is 0.390 e. The molecule has 2 aromatic rings. The minimum Gasteiger partial charge on any atom is -0.390 e. The predicted octanol–water partition coefficient (Wildman–Crippen LogP) is 2.55. The topological polar surface area (TPSA) is 33.1 Å². The Morgan fingerprint density at radius 2 is 1.80 bits per heavy atom. The quantitative estimate of drug-likeness (QED) is 0.806. The van der Waals surface area contributed by atoms with Crippen molar-refractivity contribution in [2.45, 2.75) is 13.5 Å². The number of hydrogen-bond acceptors (Lipinski definition) is 2. The third kappa shape index (κ3) is 2.22. The van der Waals surface area contributed by atoms with E-state index in [1.165, 1.54) is 5.56 Å². The Morgan fingerprint density at radius 3 is 2.47 bits per heavy atom. The van der Waals surface area contributed by atoms with Gasteiger partial charge in [-0.05, 0) is 19.1 Å². The van der Waals surface area contributed by atoms with Gasteiger partial charge in [0.15, 0.2) is 0 Å². The molecule has 2 rings (SSSR count). The Balaban J connectivity index is 2.40. The molecule has 0 radical (unpaired) electrons. The Labute approximate surface area is 89.2 Å². The highest BCUT2D eigenvalue weighted by molar-refractivity contribution is 5.59. The molecule has 0 spiro atoms. The molecule has 1 heterocycles. The number of nitrogens with zero attached hydrogens (tertiary/aromatic N) is 1. The maximum atomic E-state index is 8.99. The van der Waals surface area contributed by atoms with E-state index >= 15 is 0 Å². The van der Waals surface area contributed by atoms with E-state index in [-0.39, 0.29) is 6.61 Å². The lowest BCUT2D eigenvalue weighted by molar-refractivity contribution is 0.277. The Bertz CT molecular complexity index is 448. The van der Waals surface area contributed by atoms with Crippen LogP contribution in [0.3, 0.4) is 0 Å². The van der Waals surface area contributed by atoms with E-state index in [1.807, 2.05) is 30.3 Å². The summed E-state index contributed by atoms with van der Waals surface area (Å²) in [6.45, 7) is 2.04. The zero-order chi connectivity index (χ0) is 10.7. The van der Waals surface area contributed by atoms with E-state index in [2.05, 4.69) is 24.0 Å². The van der Waals surface area contributed by atoms with Gasteiger partial charge in [-0.2, -0.15) is 0 Å². The third-order valence-electron chi connectivity index (χ3n) is 2.32. The van der Waals surface area contributed by atoms with E-state index in [4.69, 9.17) is 5.11 Å². The van der Waals surface area contributed by atoms with Crippen LogP contribution >= 0.6 is 0 Å². The highest BCUT2D eigenvalue weighted by Gasteiger charge is 1.99.